The lowest BCUT2D eigenvalue weighted by atomic mass is 9.99. The van der Waals surface area contributed by atoms with Gasteiger partial charge in [-0.3, -0.25) is 52.7 Å². The van der Waals surface area contributed by atoms with Gasteiger partial charge in [0.1, 0.15) is 42.3 Å². The van der Waals surface area contributed by atoms with Gasteiger partial charge in [0.15, 0.2) is 0 Å². The molecule has 0 spiro atoms. The molecule has 0 aliphatic rings. The lowest BCUT2D eigenvalue weighted by molar-refractivity contribution is -0.143. The lowest BCUT2D eigenvalue weighted by Gasteiger charge is -2.30. The summed E-state index contributed by atoms with van der Waals surface area (Å²) in [5.41, 5.74) is 11.0. The third kappa shape index (κ3) is 22.9. The van der Waals surface area contributed by atoms with Gasteiger partial charge in [-0.2, -0.15) is 0 Å². The van der Waals surface area contributed by atoms with E-state index in [1.54, 1.807) is 13.8 Å². The van der Waals surface area contributed by atoms with Crippen molar-refractivity contribution in [1.29, 1.82) is 0 Å². The van der Waals surface area contributed by atoms with Gasteiger partial charge in [-0.05, 0) is 38.0 Å². The molecule has 29 heteroatoms. The van der Waals surface area contributed by atoms with Crippen molar-refractivity contribution in [3.63, 3.8) is 0 Å². The van der Waals surface area contributed by atoms with Gasteiger partial charge in [0.05, 0.1) is 51.1 Å². The molecule has 0 fully saturated rings. The highest BCUT2D eigenvalue weighted by Crippen LogP contribution is 2.09. The minimum Gasteiger partial charge on any atom is -0.480 e. The van der Waals surface area contributed by atoms with Crippen LogP contribution in [0.5, 0.6) is 0 Å². The van der Waals surface area contributed by atoms with Crippen molar-refractivity contribution in [3.05, 3.63) is 0 Å². The number of hydrogen-bond acceptors (Lipinski definition) is 17. The Bertz CT molecular complexity index is 1830. The third-order valence-corrected chi connectivity index (χ3v) is 9.90. The number of hydrogen-bond donors (Lipinski definition) is 17. The van der Waals surface area contributed by atoms with Crippen molar-refractivity contribution in [3.8, 4) is 0 Å². The van der Waals surface area contributed by atoms with Crippen molar-refractivity contribution < 1.29 is 83.1 Å². The van der Waals surface area contributed by atoms with E-state index in [1.807, 2.05) is 5.32 Å². The molecule has 29 nitrogen and oxygen atoms in total. The lowest BCUT2D eigenvalue weighted by Crippen LogP contribution is -2.63. The second kappa shape index (κ2) is 30.7. The van der Waals surface area contributed by atoms with Gasteiger partial charge >= 0.3 is 5.97 Å². The monoisotopic (exact) mass is 990 g/mol. The van der Waals surface area contributed by atoms with Crippen LogP contribution in [0, 0.1) is 17.8 Å². The van der Waals surface area contributed by atoms with Crippen LogP contribution in [0.15, 0.2) is 0 Å². The largest absolute Gasteiger partial charge is 0.480 e. The molecule has 0 aromatic carbocycles. The van der Waals surface area contributed by atoms with E-state index in [2.05, 4.69) is 47.9 Å². The van der Waals surface area contributed by atoms with Crippen molar-refractivity contribution in [2.75, 3.05) is 32.8 Å². The Morgan fingerprint density at radius 3 is 1.23 bits per heavy atom. The summed E-state index contributed by atoms with van der Waals surface area (Å²) in [6.07, 6.45) is -4.23. The van der Waals surface area contributed by atoms with Gasteiger partial charge in [-0.1, -0.05) is 41.5 Å². The van der Waals surface area contributed by atoms with E-state index < -0.39 is 189 Å². The molecular weight excluding hydrogens is 921 g/mol. The van der Waals surface area contributed by atoms with Crippen molar-refractivity contribution in [2.24, 2.45) is 29.2 Å². The summed E-state index contributed by atoms with van der Waals surface area (Å²) in [6, 6.07) is -12.6. The Balaban J connectivity index is 5.94. The molecule has 0 aromatic heterocycles. The summed E-state index contributed by atoms with van der Waals surface area (Å²) in [6.45, 7) is 7.63. The number of aliphatic hydroxyl groups is 4. The number of carbonyl (C=O) groups excluding carboxylic acids is 11. The van der Waals surface area contributed by atoms with Crippen molar-refractivity contribution in [1.82, 2.24) is 53.2 Å². The highest BCUT2D eigenvalue weighted by molar-refractivity contribution is 5.98. The number of carboxylic acids is 1. The molecule has 0 saturated carbocycles. The second-order valence-electron chi connectivity index (χ2n) is 16.9. The quantitative estimate of drug-likeness (QED) is 0.0307. The van der Waals surface area contributed by atoms with Crippen LogP contribution in [-0.2, 0) is 57.5 Å². The van der Waals surface area contributed by atoms with Crippen LogP contribution in [0.25, 0.3) is 0 Å². The molecule has 0 aromatic rings. The molecule has 392 valence electrons. The van der Waals surface area contributed by atoms with E-state index in [-0.39, 0.29) is 5.92 Å². The molecule has 0 aliphatic carbocycles. The highest BCUT2D eigenvalue weighted by atomic mass is 16.4. The van der Waals surface area contributed by atoms with Gasteiger partial charge < -0.3 is 90.2 Å². The van der Waals surface area contributed by atoms with Crippen molar-refractivity contribution in [2.45, 2.75) is 129 Å². The number of carbonyl (C=O) groups is 12. The molecule has 0 heterocycles. The minimum absolute atomic E-state index is 0.199. The van der Waals surface area contributed by atoms with E-state index in [0.29, 0.717) is 0 Å². The van der Waals surface area contributed by atoms with Crippen LogP contribution in [0.2, 0.25) is 0 Å². The number of amides is 11. The zero-order valence-electron chi connectivity index (χ0n) is 39.7. The van der Waals surface area contributed by atoms with Gasteiger partial charge in [0.25, 0.3) is 0 Å². The SMILES string of the molecule is CC(C)[C@H](N)C(=O)NCC(=O)NCC(=O)NCC(=O)N[C@H](C(=O)N[C@@H](CCC(N)=O)C(=O)N[C@H](C(=O)N[C@H](C(=O)N[C@H](C(=O)N[C@@H](CO)C(=O)N[C@@H](CO)C(=O)O)C(C)C)[C@@H](C)O)C(C)C)[C@@H](C)O. The summed E-state index contributed by atoms with van der Waals surface area (Å²) in [4.78, 5) is 152. The van der Waals surface area contributed by atoms with E-state index in [9.17, 15) is 78.0 Å². The average Bonchev–Trinajstić information content (AvgIpc) is 3.26. The fourth-order valence-corrected chi connectivity index (χ4v) is 5.65. The molecule has 11 amide bonds. The van der Waals surface area contributed by atoms with Gasteiger partial charge in [-0.15, -0.1) is 0 Å². The predicted molar refractivity (Wildman–Crippen MR) is 239 cm³/mol. The summed E-state index contributed by atoms with van der Waals surface area (Å²) in [7, 11) is 0. The molecule has 0 unspecified atom stereocenters. The molecule has 19 N–H and O–H groups in total. The topological polar surface area (TPSA) is 478 Å². The van der Waals surface area contributed by atoms with Crippen LogP contribution in [0.1, 0.15) is 68.2 Å². The molecule has 0 rings (SSSR count). The van der Waals surface area contributed by atoms with E-state index in [1.165, 1.54) is 27.7 Å². The standard InChI is InChI=1S/C40H70N12O17/c1-16(2)28(42)35(63)45-12-26(59)43-11-25(58)44-13-27(60)49-31(19(7)55)38(66)46-21(9-10-24(41)57)33(61)50-30(18(5)6)37(65)52-32(20(8)56)39(67)51-29(17(3)4)36(64)47-22(14-53)34(62)48-23(15-54)40(68)69/h16-23,28-32,53-56H,9-15,42H2,1-8H3,(H2,41,57)(H,43,59)(H,44,58)(H,45,63)(H,46,66)(H,47,64)(H,48,62)(H,49,60)(H,50,61)(H,51,67)(H,52,65)(H,68,69)/t19-,20-,21+,22+,23+,28+,29+,30+,31+,32+/m1/s1. The number of nitrogens with two attached hydrogens (primary N) is 2. The number of carboxylic acid groups (broad SMARTS) is 1. The maximum atomic E-state index is 13.7. The molecular formula is C40H70N12O17. The van der Waals surface area contributed by atoms with Crippen LogP contribution in [-0.4, -0.2) is 190 Å². The normalized spacial score (nSPS) is 15.5. The minimum atomic E-state index is -1.81. The predicted octanol–water partition coefficient (Wildman–Crippen LogP) is -8.88. The fourth-order valence-electron chi connectivity index (χ4n) is 5.65. The van der Waals surface area contributed by atoms with E-state index in [0.717, 1.165) is 13.8 Å². The molecule has 0 radical (unpaired) electrons. The summed E-state index contributed by atoms with van der Waals surface area (Å²) in [5, 5.41) is 71.2. The summed E-state index contributed by atoms with van der Waals surface area (Å²) >= 11 is 0. The summed E-state index contributed by atoms with van der Waals surface area (Å²) < 4.78 is 0. The van der Waals surface area contributed by atoms with Crippen LogP contribution in [0.4, 0.5) is 0 Å². The summed E-state index contributed by atoms with van der Waals surface area (Å²) in [5.74, 6) is -14.1. The Morgan fingerprint density at radius 1 is 0.435 bits per heavy atom. The third-order valence-electron chi connectivity index (χ3n) is 9.90. The number of rotatable bonds is 31. The fraction of sp³-hybridized carbons (Fsp3) is 0.700. The van der Waals surface area contributed by atoms with Crippen LogP contribution >= 0.6 is 0 Å². The van der Waals surface area contributed by atoms with E-state index in [4.69, 9.17) is 16.6 Å². The molecule has 0 saturated heterocycles. The second-order valence-corrected chi connectivity index (χ2v) is 16.9. The number of nitrogens with one attached hydrogen (secondary N) is 10. The Labute approximate surface area is 397 Å². The van der Waals surface area contributed by atoms with Crippen molar-refractivity contribution >= 4 is 70.9 Å². The first kappa shape index (κ1) is 62.4. The van der Waals surface area contributed by atoms with E-state index >= 15 is 0 Å². The molecule has 0 aliphatic heterocycles. The molecule has 10 atom stereocenters. The molecule has 0 bridgehead atoms. The maximum Gasteiger partial charge on any atom is 0.328 e. The Hall–Kier alpha value is -6.56. The first-order valence-corrected chi connectivity index (χ1v) is 21.8. The number of aliphatic hydroxyl groups excluding tert-OH is 4. The zero-order chi connectivity index (χ0) is 53.5. The number of aliphatic carboxylic acids is 1. The Morgan fingerprint density at radius 2 is 0.797 bits per heavy atom. The first-order valence-electron chi connectivity index (χ1n) is 21.8. The van der Waals surface area contributed by atoms with Gasteiger partial charge in [0, 0.05) is 6.42 Å². The molecule has 69 heavy (non-hydrogen) atoms. The Kier molecular flexibility index (Phi) is 27.8. The average molecular weight is 991 g/mol. The van der Waals surface area contributed by atoms with Crippen LogP contribution < -0.4 is 64.6 Å². The number of primary amides is 1. The smallest absolute Gasteiger partial charge is 0.328 e. The van der Waals surface area contributed by atoms with Gasteiger partial charge in [0.2, 0.25) is 65.0 Å². The highest BCUT2D eigenvalue weighted by Gasteiger charge is 2.37. The zero-order valence-corrected chi connectivity index (χ0v) is 39.7. The van der Waals surface area contributed by atoms with Crippen LogP contribution in [0.3, 0.4) is 0 Å². The first-order chi connectivity index (χ1) is 32.0. The maximum absolute atomic E-state index is 13.7. The van der Waals surface area contributed by atoms with Gasteiger partial charge in [-0.25, -0.2) is 4.79 Å².